The van der Waals surface area contributed by atoms with Crippen molar-refractivity contribution < 1.29 is 31.5 Å². The quantitative estimate of drug-likeness (QED) is 0.782. The van der Waals surface area contributed by atoms with Gasteiger partial charge in [-0.3, -0.25) is 4.79 Å². The van der Waals surface area contributed by atoms with E-state index in [0.29, 0.717) is 18.6 Å². The fourth-order valence-electron chi connectivity index (χ4n) is 1.49. The van der Waals surface area contributed by atoms with Gasteiger partial charge in [-0.1, -0.05) is 13.3 Å². The van der Waals surface area contributed by atoms with Crippen molar-refractivity contribution >= 4 is 16.0 Å². The van der Waals surface area contributed by atoms with Crippen molar-refractivity contribution in [2.45, 2.75) is 30.7 Å². The molecule has 0 bridgehead atoms. The molecule has 1 aromatic carbocycles. The Morgan fingerprint density at radius 1 is 1.30 bits per heavy atom. The molecule has 0 saturated heterocycles. The smallest absolute Gasteiger partial charge is 0.321 e. The summed E-state index contributed by atoms with van der Waals surface area (Å²) in [5, 5.41) is 8.83. The highest BCUT2D eigenvalue weighted by molar-refractivity contribution is 7.89. The first-order chi connectivity index (χ1) is 9.20. The van der Waals surface area contributed by atoms with Gasteiger partial charge in [-0.15, -0.1) is 0 Å². The Bertz CT molecular complexity index is 618. The molecule has 112 valence electrons. The third-order valence-electron chi connectivity index (χ3n) is 2.46. The van der Waals surface area contributed by atoms with E-state index in [0.717, 1.165) is 0 Å². The van der Waals surface area contributed by atoms with Crippen LogP contribution in [-0.2, 0) is 14.8 Å². The molecule has 0 aliphatic carbocycles. The maximum absolute atomic E-state index is 13.4. The molecule has 0 aliphatic heterocycles. The number of halogens is 3. The Labute approximate surface area is 113 Å². The van der Waals surface area contributed by atoms with Crippen LogP contribution < -0.4 is 4.72 Å². The minimum atomic E-state index is -4.61. The molecule has 9 heteroatoms. The molecule has 0 saturated carbocycles. The SMILES string of the molecule is CCC[C@@H](NS(=O)(=O)c1ccc(F)c(F)c1F)C(=O)O. The second-order valence-corrected chi connectivity index (χ2v) is 5.66. The molecular formula is C11H12F3NO4S. The van der Waals surface area contributed by atoms with Crippen LogP contribution in [0.4, 0.5) is 13.2 Å². The van der Waals surface area contributed by atoms with Crippen LogP contribution in [0.25, 0.3) is 0 Å². The van der Waals surface area contributed by atoms with Gasteiger partial charge in [0.15, 0.2) is 17.5 Å². The van der Waals surface area contributed by atoms with Crippen molar-refractivity contribution in [3.63, 3.8) is 0 Å². The van der Waals surface area contributed by atoms with Gasteiger partial charge in [-0.2, -0.15) is 4.72 Å². The highest BCUT2D eigenvalue weighted by Gasteiger charge is 2.29. The minimum Gasteiger partial charge on any atom is -0.480 e. The number of nitrogens with one attached hydrogen (secondary N) is 1. The number of aliphatic carboxylic acids is 1. The van der Waals surface area contributed by atoms with E-state index < -0.39 is 44.4 Å². The number of carboxylic acid groups (broad SMARTS) is 1. The zero-order valence-corrected chi connectivity index (χ0v) is 11.2. The van der Waals surface area contributed by atoms with E-state index >= 15 is 0 Å². The van der Waals surface area contributed by atoms with Gasteiger partial charge in [-0.25, -0.2) is 21.6 Å². The number of sulfonamides is 1. The van der Waals surface area contributed by atoms with E-state index in [1.807, 2.05) is 0 Å². The van der Waals surface area contributed by atoms with Crippen LogP contribution >= 0.6 is 0 Å². The van der Waals surface area contributed by atoms with Gasteiger partial charge in [0.05, 0.1) is 0 Å². The highest BCUT2D eigenvalue weighted by atomic mass is 32.2. The van der Waals surface area contributed by atoms with Crippen LogP contribution in [0.15, 0.2) is 17.0 Å². The molecule has 0 heterocycles. The summed E-state index contributed by atoms with van der Waals surface area (Å²) in [7, 11) is -4.61. The lowest BCUT2D eigenvalue weighted by Gasteiger charge is -2.14. The summed E-state index contributed by atoms with van der Waals surface area (Å²) in [5.41, 5.74) is 0. The summed E-state index contributed by atoms with van der Waals surface area (Å²) < 4.78 is 64.5. The first kappa shape index (κ1) is 16.4. The van der Waals surface area contributed by atoms with Gasteiger partial charge < -0.3 is 5.11 Å². The first-order valence-electron chi connectivity index (χ1n) is 5.59. The van der Waals surface area contributed by atoms with E-state index in [1.54, 1.807) is 11.6 Å². The Hall–Kier alpha value is -1.61. The lowest BCUT2D eigenvalue weighted by molar-refractivity contribution is -0.139. The molecule has 2 N–H and O–H groups in total. The largest absolute Gasteiger partial charge is 0.480 e. The molecular weight excluding hydrogens is 299 g/mol. The molecule has 1 aromatic rings. The summed E-state index contributed by atoms with van der Waals surface area (Å²) in [6.07, 6.45) is 0.333. The Morgan fingerprint density at radius 3 is 2.40 bits per heavy atom. The fraction of sp³-hybridized carbons (Fsp3) is 0.364. The number of rotatable bonds is 6. The van der Waals surface area contributed by atoms with Crippen LogP contribution in [0.1, 0.15) is 19.8 Å². The average molecular weight is 311 g/mol. The van der Waals surface area contributed by atoms with E-state index in [2.05, 4.69) is 0 Å². The van der Waals surface area contributed by atoms with E-state index in [1.165, 1.54) is 0 Å². The maximum atomic E-state index is 13.4. The molecule has 0 spiro atoms. The third-order valence-corrected chi connectivity index (χ3v) is 3.95. The highest BCUT2D eigenvalue weighted by Crippen LogP contribution is 2.20. The number of hydrogen-bond acceptors (Lipinski definition) is 3. The Morgan fingerprint density at radius 2 is 1.90 bits per heavy atom. The molecule has 0 radical (unpaired) electrons. The van der Waals surface area contributed by atoms with Crippen molar-refractivity contribution in [3.8, 4) is 0 Å². The number of hydrogen-bond donors (Lipinski definition) is 2. The van der Waals surface area contributed by atoms with Gasteiger partial charge in [-0.05, 0) is 18.6 Å². The molecule has 0 amide bonds. The van der Waals surface area contributed by atoms with Crippen molar-refractivity contribution in [3.05, 3.63) is 29.6 Å². The lowest BCUT2D eigenvalue weighted by atomic mass is 10.2. The van der Waals surface area contributed by atoms with Gasteiger partial charge in [0.25, 0.3) is 0 Å². The Kier molecular flexibility index (Phi) is 5.12. The van der Waals surface area contributed by atoms with Crippen LogP contribution in [0.3, 0.4) is 0 Å². The predicted molar refractivity (Wildman–Crippen MR) is 63.0 cm³/mol. The number of carbonyl (C=O) groups is 1. The van der Waals surface area contributed by atoms with Crippen LogP contribution in [0.5, 0.6) is 0 Å². The Balaban J connectivity index is 3.17. The maximum Gasteiger partial charge on any atom is 0.321 e. The average Bonchev–Trinajstić information content (AvgIpc) is 2.34. The molecule has 0 aromatic heterocycles. The van der Waals surface area contributed by atoms with E-state index in [9.17, 15) is 26.4 Å². The molecule has 0 fully saturated rings. The van der Waals surface area contributed by atoms with E-state index in [4.69, 9.17) is 5.11 Å². The molecule has 1 atom stereocenters. The molecule has 5 nitrogen and oxygen atoms in total. The third kappa shape index (κ3) is 3.48. The zero-order valence-electron chi connectivity index (χ0n) is 10.4. The van der Waals surface area contributed by atoms with Gasteiger partial charge in [0.2, 0.25) is 10.0 Å². The van der Waals surface area contributed by atoms with Crippen molar-refractivity contribution in [2.24, 2.45) is 0 Å². The van der Waals surface area contributed by atoms with Crippen LogP contribution in [0, 0.1) is 17.5 Å². The summed E-state index contributed by atoms with van der Waals surface area (Å²) in [6.45, 7) is 1.63. The molecule has 0 unspecified atom stereocenters. The minimum absolute atomic E-state index is 0.0279. The van der Waals surface area contributed by atoms with Gasteiger partial charge >= 0.3 is 5.97 Å². The lowest BCUT2D eigenvalue weighted by Crippen LogP contribution is -2.40. The van der Waals surface area contributed by atoms with Gasteiger partial charge in [0, 0.05) is 0 Å². The molecule has 0 aliphatic rings. The number of benzene rings is 1. The fourth-order valence-corrected chi connectivity index (χ4v) is 2.78. The van der Waals surface area contributed by atoms with Crippen molar-refractivity contribution in [2.75, 3.05) is 0 Å². The van der Waals surface area contributed by atoms with Crippen LogP contribution in [0.2, 0.25) is 0 Å². The molecule has 20 heavy (non-hydrogen) atoms. The van der Waals surface area contributed by atoms with Crippen molar-refractivity contribution in [1.29, 1.82) is 0 Å². The summed E-state index contributed by atoms with van der Waals surface area (Å²) in [6, 6.07) is -0.499. The number of carboxylic acids is 1. The standard InChI is InChI=1S/C11H12F3NO4S/c1-2-3-7(11(16)17)15-20(18,19)8-5-4-6(12)9(13)10(8)14/h4-5,7,15H,2-3H2,1H3,(H,16,17)/t7-/m1/s1. The predicted octanol–water partition coefficient (Wildman–Crippen LogP) is 1.64. The molecule has 1 rings (SSSR count). The normalized spacial score (nSPS) is 13.2. The summed E-state index contributed by atoms with van der Waals surface area (Å²) >= 11 is 0. The summed E-state index contributed by atoms with van der Waals surface area (Å²) in [5.74, 6) is -6.81. The van der Waals surface area contributed by atoms with Gasteiger partial charge in [0.1, 0.15) is 10.9 Å². The second-order valence-electron chi connectivity index (χ2n) is 3.97. The van der Waals surface area contributed by atoms with Crippen molar-refractivity contribution in [1.82, 2.24) is 4.72 Å². The van der Waals surface area contributed by atoms with Crippen LogP contribution in [-0.4, -0.2) is 25.5 Å². The second kappa shape index (κ2) is 6.23. The monoisotopic (exact) mass is 311 g/mol. The zero-order chi connectivity index (χ0) is 15.5. The summed E-state index contributed by atoms with van der Waals surface area (Å²) in [4.78, 5) is 9.71. The first-order valence-corrected chi connectivity index (χ1v) is 7.07. The topological polar surface area (TPSA) is 83.5 Å². The van der Waals surface area contributed by atoms with E-state index in [-0.39, 0.29) is 6.42 Å².